The Balaban J connectivity index is 3.08. The SMILES string of the molecule is CCOC(=O)c1cc(F)c(CCl)c(F)c1. The number of halogens is 3. The van der Waals surface area contributed by atoms with Crippen molar-refractivity contribution in [2.45, 2.75) is 12.8 Å². The number of carbonyl (C=O) groups excluding carboxylic acids is 1. The molecule has 1 aromatic carbocycles. The maximum Gasteiger partial charge on any atom is 0.338 e. The monoisotopic (exact) mass is 234 g/mol. The van der Waals surface area contributed by atoms with Gasteiger partial charge in [-0.05, 0) is 19.1 Å². The topological polar surface area (TPSA) is 26.3 Å². The Morgan fingerprint density at radius 1 is 1.40 bits per heavy atom. The molecule has 0 heterocycles. The second-order valence-electron chi connectivity index (χ2n) is 2.77. The lowest BCUT2D eigenvalue weighted by atomic mass is 10.1. The highest BCUT2D eigenvalue weighted by atomic mass is 35.5. The van der Waals surface area contributed by atoms with Crippen LogP contribution in [0.2, 0.25) is 0 Å². The van der Waals surface area contributed by atoms with Crippen LogP contribution in [-0.2, 0) is 10.6 Å². The minimum Gasteiger partial charge on any atom is -0.462 e. The summed E-state index contributed by atoms with van der Waals surface area (Å²) in [6.07, 6.45) is 0. The van der Waals surface area contributed by atoms with Crippen molar-refractivity contribution in [1.29, 1.82) is 0 Å². The second-order valence-corrected chi connectivity index (χ2v) is 3.04. The van der Waals surface area contributed by atoms with Gasteiger partial charge in [-0.2, -0.15) is 0 Å². The summed E-state index contributed by atoms with van der Waals surface area (Å²) >= 11 is 5.33. The number of alkyl halides is 1. The molecule has 0 unspecified atom stereocenters. The lowest BCUT2D eigenvalue weighted by molar-refractivity contribution is 0.0525. The molecule has 0 radical (unpaired) electrons. The van der Waals surface area contributed by atoms with Crippen molar-refractivity contribution in [2.24, 2.45) is 0 Å². The largest absolute Gasteiger partial charge is 0.462 e. The molecule has 0 aliphatic carbocycles. The predicted molar refractivity (Wildman–Crippen MR) is 51.9 cm³/mol. The summed E-state index contributed by atoms with van der Waals surface area (Å²) in [6.45, 7) is 1.76. The molecule has 15 heavy (non-hydrogen) atoms. The van der Waals surface area contributed by atoms with Crippen LogP contribution >= 0.6 is 11.6 Å². The van der Waals surface area contributed by atoms with Crippen LogP contribution in [0.4, 0.5) is 8.78 Å². The molecule has 2 nitrogen and oxygen atoms in total. The molecule has 0 spiro atoms. The van der Waals surface area contributed by atoms with Crippen molar-refractivity contribution in [2.75, 3.05) is 6.61 Å². The average molecular weight is 235 g/mol. The zero-order valence-corrected chi connectivity index (χ0v) is 8.78. The van der Waals surface area contributed by atoms with E-state index in [0.717, 1.165) is 12.1 Å². The molecule has 0 saturated heterocycles. The van der Waals surface area contributed by atoms with E-state index in [1.807, 2.05) is 0 Å². The number of hydrogen-bond donors (Lipinski definition) is 0. The summed E-state index contributed by atoms with van der Waals surface area (Å²) in [6, 6.07) is 1.83. The van der Waals surface area contributed by atoms with Gasteiger partial charge in [-0.25, -0.2) is 13.6 Å². The Labute approximate surface area is 90.8 Å². The Morgan fingerprint density at radius 3 is 2.33 bits per heavy atom. The van der Waals surface area contributed by atoms with Crippen LogP contribution in [0.1, 0.15) is 22.8 Å². The molecule has 0 aliphatic rings. The van der Waals surface area contributed by atoms with E-state index in [2.05, 4.69) is 4.74 Å². The van der Waals surface area contributed by atoms with Gasteiger partial charge >= 0.3 is 5.97 Å². The van der Waals surface area contributed by atoms with Gasteiger partial charge in [-0.3, -0.25) is 0 Å². The zero-order chi connectivity index (χ0) is 11.4. The molecular weight excluding hydrogens is 226 g/mol. The predicted octanol–water partition coefficient (Wildman–Crippen LogP) is 2.88. The number of hydrogen-bond acceptors (Lipinski definition) is 2. The van der Waals surface area contributed by atoms with E-state index in [1.165, 1.54) is 0 Å². The van der Waals surface area contributed by atoms with Gasteiger partial charge in [0.2, 0.25) is 0 Å². The van der Waals surface area contributed by atoms with Crippen LogP contribution in [0.3, 0.4) is 0 Å². The Hall–Kier alpha value is -1.16. The molecule has 5 heteroatoms. The molecule has 0 aliphatic heterocycles. The summed E-state index contributed by atoms with van der Waals surface area (Å²) in [4.78, 5) is 11.2. The molecule has 0 aromatic heterocycles. The van der Waals surface area contributed by atoms with E-state index in [0.29, 0.717) is 0 Å². The van der Waals surface area contributed by atoms with Crippen molar-refractivity contribution >= 4 is 17.6 Å². The summed E-state index contributed by atoms with van der Waals surface area (Å²) < 4.78 is 31.0. The fourth-order valence-corrected chi connectivity index (χ4v) is 1.32. The van der Waals surface area contributed by atoms with E-state index in [1.54, 1.807) is 6.92 Å². The first-order chi connectivity index (χ1) is 7.10. The number of ether oxygens (including phenoxy) is 1. The quantitative estimate of drug-likeness (QED) is 0.594. The molecule has 1 rings (SSSR count). The van der Waals surface area contributed by atoms with Crippen LogP contribution in [0.25, 0.3) is 0 Å². The molecular formula is C10H9ClF2O2. The maximum atomic E-state index is 13.2. The van der Waals surface area contributed by atoms with Gasteiger partial charge in [-0.15, -0.1) is 11.6 Å². The summed E-state index contributed by atoms with van der Waals surface area (Å²) in [5, 5.41) is 0. The number of rotatable bonds is 3. The van der Waals surface area contributed by atoms with Crippen LogP contribution < -0.4 is 0 Å². The molecule has 0 saturated carbocycles. The van der Waals surface area contributed by atoms with Gasteiger partial charge in [-0.1, -0.05) is 0 Å². The Morgan fingerprint density at radius 2 is 1.93 bits per heavy atom. The van der Waals surface area contributed by atoms with Gasteiger partial charge in [0, 0.05) is 5.56 Å². The highest BCUT2D eigenvalue weighted by Gasteiger charge is 2.14. The van der Waals surface area contributed by atoms with Gasteiger partial charge in [0.1, 0.15) is 11.6 Å². The van der Waals surface area contributed by atoms with Crippen molar-refractivity contribution in [1.82, 2.24) is 0 Å². The first kappa shape index (κ1) is 11.9. The fraction of sp³-hybridized carbons (Fsp3) is 0.300. The van der Waals surface area contributed by atoms with E-state index < -0.39 is 17.6 Å². The van der Waals surface area contributed by atoms with Crippen molar-refractivity contribution in [3.05, 3.63) is 34.9 Å². The molecule has 0 N–H and O–H groups in total. The highest BCUT2D eigenvalue weighted by molar-refractivity contribution is 6.17. The third-order valence-corrected chi connectivity index (χ3v) is 2.05. The Bertz CT molecular complexity index is 357. The summed E-state index contributed by atoms with van der Waals surface area (Å²) in [5.41, 5.74) is -0.398. The van der Waals surface area contributed by atoms with Crippen LogP contribution in [0, 0.1) is 11.6 Å². The van der Waals surface area contributed by atoms with Gasteiger partial charge in [0.05, 0.1) is 18.1 Å². The standard InChI is InChI=1S/C10H9ClF2O2/c1-2-15-10(14)6-3-8(12)7(5-11)9(13)4-6/h3-4H,2,5H2,1H3. The molecule has 0 bridgehead atoms. The lowest BCUT2D eigenvalue weighted by Gasteiger charge is -2.05. The first-order valence-corrected chi connectivity index (χ1v) is 4.84. The van der Waals surface area contributed by atoms with E-state index in [4.69, 9.17) is 11.6 Å². The first-order valence-electron chi connectivity index (χ1n) is 4.31. The third kappa shape index (κ3) is 2.65. The van der Waals surface area contributed by atoms with Crippen LogP contribution in [0.15, 0.2) is 12.1 Å². The zero-order valence-electron chi connectivity index (χ0n) is 8.02. The maximum absolute atomic E-state index is 13.2. The Kier molecular flexibility index (Phi) is 4.03. The van der Waals surface area contributed by atoms with Crippen molar-refractivity contribution in [3.8, 4) is 0 Å². The van der Waals surface area contributed by atoms with E-state index in [-0.39, 0.29) is 23.6 Å². The smallest absolute Gasteiger partial charge is 0.338 e. The van der Waals surface area contributed by atoms with E-state index >= 15 is 0 Å². The fourth-order valence-electron chi connectivity index (χ4n) is 1.06. The summed E-state index contributed by atoms with van der Waals surface area (Å²) in [7, 11) is 0. The second kappa shape index (κ2) is 5.07. The van der Waals surface area contributed by atoms with Crippen LogP contribution in [-0.4, -0.2) is 12.6 Å². The molecule has 1 aromatic rings. The average Bonchev–Trinajstić information content (AvgIpc) is 2.17. The van der Waals surface area contributed by atoms with Gasteiger partial charge in [0.25, 0.3) is 0 Å². The molecule has 0 fully saturated rings. The van der Waals surface area contributed by atoms with E-state index in [9.17, 15) is 13.6 Å². The minimum atomic E-state index is -0.840. The van der Waals surface area contributed by atoms with Crippen LogP contribution in [0.5, 0.6) is 0 Å². The molecule has 0 atom stereocenters. The summed E-state index contributed by atoms with van der Waals surface area (Å²) in [5.74, 6) is -2.71. The minimum absolute atomic E-state index is 0.152. The number of benzene rings is 1. The molecule has 0 amide bonds. The highest BCUT2D eigenvalue weighted by Crippen LogP contribution is 2.17. The van der Waals surface area contributed by atoms with Gasteiger partial charge in [0.15, 0.2) is 0 Å². The van der Waals surface area contributed by atoms with Crippen molar-refractivity contribution < 1.29 is 18.3 Å². The number of esters is 1. The van der Waals surface area contributed by atoms with Crippen molar-refractivity contribution in [3.63, 3.8) is 0 Å². The lowest BCUT2D eigenvalue weighted by Crippen LogP contribution is -2.07. The normalized spacial score (nSPS) is 10.1. The van der Waals surface area contributed by atoms with Gasteiger partial charge < -0.3 is 4.74 Å². The number of carbonyl (C=O) groups is 1. The molecule has 82 valence electrons. The third-order valence-electron chi connectivity index (χ3n) is 1.79.